The van der Waals surface area contributed by atoms with E-state index in [0.29, 0.717) is 0 Å². The van der Waals surface area contributed by atoms with E-state index < -0.39 is 27.4 Å². The third-order valence-electron chi connectivity index (χ3n) is 6.11. The molecule has 1 amide bonds. The van der Waals surface area contributed by atoms with Gasteiger partial charge < -0.3 is 10.2 Å². The zero-order valence-corrected chi connectivity index (χ0v) is 20.6. The molecule has 0 saturated carbocycles. The van der Waals surface area contributed by atoms with Crippen LogP contribution in [0.3, 0.4) is 0 Å². The van der Waals surface area contributed by atoms with Gasteiger partial charge in [-0.05, 0) is 61.2 Å². The number of anilines is 2. The van der Waals surface area contributed by atoms with Gasteiger partial charge in [-0.2, -0.15) is 0 Å². The summed E-state index contributed by atoms with van der Waals surface area (Å²) in [5, 5.41) is 13.8. The van der Waals surface area contributed by atoms with Gasteiger partial charge in [0.2, 0.25) is 5.91 Å². The van der Waals surface area contributed by atoms with Crippen molar-refractivity contribution in [3.63, 3.8) is 0 Å². The second-order valence-electron chi connectivity index (χ2n) is 8.59. The molecule has 4 rings (SSSR count). The summed E-state index contributed by atoms with van der Waals surface area (Å²) >= 11 is 0. The van der Waals surface area contributed by atoms with Crippen molar-refractivity contribution in [3.05, 3.63) is 94.5 Å². The van der Waals surface area contributed by atoms with Gasteiger partial charge in [0.25, 0.3) is 15.7 Å². The summed E-state index contributed by atoms with van der Waals surface area (Å²) < 4.78 is 27.7. The van der Waals surface area contributed by atoms with Crippen LogP contribution in [0.1, 0.15) is 24.8 Å². The Balaban J connectivity index is 1.47. The Kier molecular flexibility index (Phi) is 7.84. The number of nitrogens with one attached hydrogen (secondary N) is 1. The summed E-state index contributed by atoms with van der Waals surface area (Å²) in [4.78, 5) is 25.7. The standard InChI is InChI=1S/C26H28N4O5S/c31-26(27-19-21-9-11-22(12-10-21)28-17-5-2-6-18-28)20-29(23-13-15-24(16-14-23)30(32)33)36(34,35)25-7-3-1-4-8-25/h1,3-4,7-16H,2,5-6,17-20H2,(H,27,31). The van der Waals surface area contributed by atoms with E-state index in [0.717, 1.165) is 28.6 Å². The first kappa shape index (κ1) is 25.2. The highest BCUT2D eigenvalue weighted by Gasteiger charge is 2.27. The Hall–Kier alpha value is -3.92. The molecule has 0 radical (unpaired) electrons. The van der Waals surface area contributed by atoms with E-state index in [9.17, 15) is 23.3 Å². The number of non-ortho nitro benzene ring substituents is 1. The number of hydrogen-bond donors (Lipinski definition) is 1. The lowest BCUT2D eigenvalue weighted by Crippen LogP contribution is -2.40. The number of nitrogens with zero attached hydrogens (tertiary/aromatic N) is 3. The molecule has 3 aromatic rings. The zero-order chi connectivity index (χ0) is 25.5. The lowest BCUT2D eigenvalue weighted by molar-refractivity contribution is -0.384. The van der Waals surface area contributed by atoms with Crippen LogP contribution in [0.15, 0.2) is 83.8 Å². The molecule has 0 aliphatic carbocycles. The Morgan fingerprint density at radius 1 is 0.917 bits per heavy atom. The highest BCUT2D eigenvalue weighted by molar-refractivity contribution is 7.92. The van der Waals surface area contributed by atoms with Crippen LogP contribution in [0.25, 0.3) is 0 Å². The lowest BCUT2D eigenvalue weighted by Gasteiger charge is -2.28. The second-order valence-corrected chi connectivity index (χ2v) is 10.5. The highest BCUT2D eigenvalue weighted by atomic mass is 32.2. The number of carbonyl (C=O) groups excluding carboxylic acids is 1. The van der Waals surface area contributed by atoms with Gasteiger partial charge in [0, 0.05) is 37.5 Å². The Bertz CT molecular complexity index is 1290. The molecule has 36 heavy (non-hydrogen) atoms. The molecule has 0 unspecified atom stereocenters. The van der Waals surface area contributed by atoms with Crippen molar-refractivity contribution < 1.29 is 18.1 Å². The summed E-state index contributed by atoms with van der Waals surface area (Å²) in [6.07, 6.45) is 3.64. The van der Waals surface area contributed by atoms with Crippen LogP contribution < -0.4 is 14.5 Å². The van der Waals surface area contributed by atoms with Gasteiger partial charge in [-0.25, -0.2) is 8.42 Å². The normalized spacial score (nSPS) is 13.7. The number of rotatable bonds is 9. The molecule has 0 aromatic heterocycles. The Morgan fingerprint density at radius 2 is 1.56 bits per heavy atom. The molecule has 0 spiro atoms. The molecule has 1 aliphatic rings. The first-order valence-electron chi connectivity index (χ1n) is 11.8. The van der Waals surface area contributed by atoms with Gasteiger partial charge >= 0.3 is 0 Å². The lowest BCUT2D eigenvalue weighted by atomic mass is 10.1. The molecular formula is C26H28N4O5S. The van der Waals surface area contributed by atoms with Crippen LogP contribution in [0.2, 0.25) is 0 Å². The molecule has 1 N–H and O–H groups in total. The topological polar surface area (TPSA) is 113 Å². The third-order valence-corrected chi connectivity index (χ3v) is 7.90. The molecule has 10 heteroatoms. The fraction of sp³-hybridized carbons (Fsp3) is 0.269. The van der Waals surface area contributed by atoms with Crippen LogP contribution in [0, 0.1) is 10.1 Å². The molecule has 9 nitrogen and oxygen atoms in total. The fourth-order valence-corrected chi connectivity index (χ4v) is 5.58. The number of benzene rings is 3. The number of amides is 1. The molecule has 1 aliphatic heterocycles. The molecule has 188 valence electrons. The maximum atomic E-state index is 13.4. The fourth-order valence-electron chi connectivity index (χ4n) is 4.14. The summed E-state index contributed by atoms with van der Waals surface area (Å²) in [5.41, 5.74) is 2.04. The van der Waals surface area contributed by atoms with Crippen molar-refractivity contribution in [2.75, 3.05) is 28.8 Å². The van der Waals surface area contributed by atoms with E-state index in [-0.39, 0.29) is 22.8 Å². The minimum Gasteiger partial charge on any atom is -0.372 e. The minimum atomic E-state index is -4.09. The van der Waals surface area contributed by atoms with Gasteiger partial charge in [0.05, 0.1) is 15.5 Å². The van der Waals surface area contributed by atoms with Gasteiger partial charge in [-0.1, -0.05) is 30.3 Å². The van der Waals surface area contributed by atoms with E-state index in [1.54, 1.807) is 18.2 Å². The maximum absolute atomic E-state index is 13.4. The molecule has 3 aromatic carbocycles. The highest BCUT2D eigenvalue weighted by Crippen LogP contribution is 2.26. The molecule has 1 saturated heterocycles. The van der Waals surface area contributed by atoms with Crippen LogP contribution >= 0.6 is 0 Å². The molecule has 1 fully saturated rings. The molecule has 0 atom stereocenters. The summed E-state index contributed by atoms with van der Waals surface area (Å²) in [7, 11) is -4.09. The van der Waals surface area contributed by atoms with Crippen LogP contribution in [0.4, 0.5) is 17.1 Å². The van der Waals surface area contributed by atoms with Gasteiger partial charge in [-0.3, -0.25) is 19.2 Å². The largest absolute Gasteiger partial charge is 0.372 e. The number of piperidine rings is 1. The Labute approximate surface area is 210 Å². The van der Waals surface area contributed by atoms with Crippen LogP contribution in [0.5, 0.6) is 0 Å². The van der Waals surface area contributed by atoms with E-state index in [1.807, 2.05) is 24.3 Å². The summed E-state index contributed by atoms with van der Waals surface area (Å²) in [6.45, 7) is 1.87. The van der Waals surface area contributed by atoms with Crippen LogP contribution in [-0.2, 0) is 21.4 Å². The predicted octanol–water partition coefficient (Wildman–Crippen LogP) is 4.10. The average molecular weight is 509 g/mol. The number of nitro groups is 1. The minimum absolute atomic E-state index is 0.0180. The van der Waals surface area contributed by atoms with Crippen molar-refractivity contribution in [2.45, 2.75) is 30.7 Å². The first-order chi connectivity index (χ1) is 17.3. The number of sulfonamides is 1. The monoisotopic (exact) mass is 508 g/mol. The van der Waals surface area contributed by atoms with E-state index in [4.69, 9.17) is 0 Å². The zero-order valence-electron chi connectivity index (χ0n) is 19.7. The quantitative estimate of drug-likeness (QED) is 0.344. The average Bonchev–Trinajstić information content (AvgIpc) is 2.92. The molecular weight excluding hydrogens is 480 g/mol. The van der Waals surface area contributed by atoms with Crippen molar-refractivity contribution in [1.29, 1.82) is 0 Å². The van der Waals surface area contributed by atoms with Crippen molar-refractivity contribution in [1.82, 2.24) is 5.32 Å². The van der Waals surface area contributed by atoms with Crippen molar-refractivity contribution >= 4 is 33.0 Å². The number of carbonyl (C=O) groups is 1. The van der Waals surface area contributed by atoms with Crippen molar-refractivity contribution in [2.24, 2.45) is 0 Å². The van der Waals surface area contributed by atoms with Gasteiger partial charge in [0.1, 0.15) is 6.54 Å². The Morgan fingerprint density at radius 3 is 2.17 bits per heavy atom. The second kappa shape index (κ2) is 11.2. The van der Waals surface area contributed by atoms with Crippen LogP contribution in [-0.4, -0.2) is 38.9 Å². The number of nitro benzene ring substituents is 1. The molecule has 1 heterocycles. The van der Waals surface area contributed by atoms with E-state index >= 15 is 0 Å². The number of hydrogen-bond acceptors (Lipinski definition) is 6. The smallest absolute Gasteiger partial charge is 0.269 e. The predicted molar refractivity (Wildman–Crippen MR) is 138 cm³/mol. The van der Waals surface area contributed by atoms with E-state index in [1.165, 1.54) is 55.7 Å². The third kappa shape index (κ3) is 6.01. The summed E-state index contributed by atoms with van der Waals surface area (Å²) in [5.74, 6) is -0.493. The van der Waals surface area contributed by atoms with Gasteiger partial charge in [0.15, 0.2) is 0 Å². The first-order valence-corrected chi connectivity index (χ1v) is 13.2. The van der Waals surface area contributed by atoms with Gasteiger partial charge in [-0.15, -0.1) is 0 Å². The SMILES string of the molecule is O=C(CN(c1ccc([N+](=O)[O-])cc1)S(=O)(=O)c1ccccc1)NCc1ccc(N2CCCCC2)cc1. The van der Waals surface area contributed by atoms with E-state index in [2.05, 4.69) is 10.2 Å². The maximum Gasteiger partial charge on any atom is 0.269 e. The summed E-state index contributed by atoms with van der Waals surface area (Å²) in [6, 6.07) is 20.8. The molecule has 0 bridgehead atoms. The van der Waals surface area contributed by atoms with Crippen molar-refractivity contribution in [3.8, 4) is 0 Å².